The molecule has 1 fully saturated rings. The zero-order valence-electron chi connectivity index (χ0n) is 12.0. The van der Waals surface area contributed by atoms with Gasteiger partial charge in [0.25, 0.3) is 0 Å². The van der Waals surface area contributed by atoms with Crippen molar-refractivity contribution in [2.24, 2.45) is 5.92 Å². The molecule has 0 bridgehead atoms. The molecule has 1 unspecified atom stereocenters. The Hall–Kier alpha value is -1.06. The van der Waals surface area contributed by atoms with Gasteiger partial charge in [-0.3, -0.25) is 0 Å². The minimum absolute atomic E-state index is 0.737. The topological polar surface area (TPSA) is 24.5 Å². The fraction of sp³-hybridized carbons (Fsp3) is 0.625. The molecule has 1 aromatic rings. The summed E-state index contributed by atoms with van der Waals surface area (Å²) in [6, 6.07) is 10.4. The number of ether oxygens (including phenoxy) is 1. The highest BCUT2D eigenvalue weighted by Gasteiger charge is 2.15. The van der Waals surface area contributed by atoms with Gasteiger partial charge in [-0.25, -0.2) is 0 Å². The summed E-state index contributed by atoms with van der Waals surface area (Å²) < 4.78 is 5.53. The largest absolute Gasteiger partial charge is 0.385 e. The molecule has 0 radical (unpaired) electrons. The summed E-state index contributed by atoms with van der Waals surface area (Å²) in [5, 5.41) is 3.45. The summed E-state index contributed by atoms with van der Waals surface area (Å²) in [5.74, 6) is 0.737. The van der Waals surface area contributed by atoms with E-state index in [2.05, 4.69) is 41.5 Å². The first-order valence-electron chi connectivity index (χ1n) is 7.40. The number of hydrogen-bond acceptors (Lipinski definition) is 3. The molecule has 106 valence electrons. The number of anilines is 1. The third-order valence-electron chi connectivity index (χ3n) is 3.64. The average molecular weight is 262 g/mol. The van der Waals surface area contributed by atoms with Crippen LogP contribution in [0.5, 0.6) is 0 Å². The fourth-order valence-corrected chi connectivity index (χ4v) is 2.62. The second kappa shape index (κ2) is 8.18. The average Bonchev–Trinajstić information content (AvgIpc) is 2.46. The van der Waals surface area contributed by atoms with E-state index in [0.29, 0.717) is 0 Å². The second-order valence-corrected chi connectivity index (χ2v) is 5.49. The summed E-state index contributed by atoms with van der Waals surface area (Å²) in [6.07, 6.45) is 3.74. The van der Waals surface area contributed by atoms with Gasteiger partial charge in [0.2, 0.25) is 0 Å². The van der Waals surface area contributed by atoms with Crippen LogP contribution in [0.15, 0.2) is 30.3 Å². The van der Waals surface area contributed by atoms with Crippen LogP contribution in [0.4, 0.5) is 5.69 Å². The van der Waals surface area contributed by atoms with Crippen molar-refractivity contribution in [1.29, 1.82) is 0 Å². The number of benzene rings is 1. The Balaban J connectivity index is 1.55. The molecule has 0 aromatic heterocycles. The zero-order valence-corrected chi connectivity index (χ0v) is 12.0. The van der Waals surface area contributed by atoms with Gasteiger partial charge in [0.1, 0.15) is 0 Å². The van der Waals surface area contributed by atoms with E-state index in [-0.39, 0.29) is 0 Å². The van der Waals surface area contributed by atoms with E-state index in [0.717, 1.165) is 32.2 Å². The molecule has 0 aliphatic carbocycles. The lowest BCUT2D eigenvalue weighted by molar-refractivity contribution is 0.0420. The molecule has 19 heavy (non-hydrogen) atoms. The first kappa shape index (κ1) is 14.4. The van der Waals surface area contributed by atoms with E-state index in [1.807, 2.05) is 6.07 Å². The monoisotopic (exact) mass is 262 g/mol. The molecular formula is C16H26N2O. The van der Waals surface area contributed by atoms with Crippen LogP contribution in [-0.4, -0.2) is 44.8 Å². The second-order valence-electron chi connectivity index (χ2n) is 5.49. The van der Waals surface area contributed by atoms with Crippen molar-refractivity contribution >= 4 is 5.69 Å². The van der Waals surface area contributed by atoms with Crippen molar-refractivity contribution in [1.82, 2.24) is 4.90 Å². The Morgan fingerprint density at radius 3 is 2.89 bits per heavy atom. The number of hydrogen-bond donors (Lipinski definition) is 1. The van der Waals surface area contributed by atoms with Crippen LogP contribution in [0, 0.1) is 5.92 Å². The summed E-state index contributed by atoms with van der Waals surface area (Å²) in [4.78, 5) is 2.44. The van der Waals surface area contributed by atoms with Gasteiger partial charge in [-0.05, 0) is 50.9 Å². The van der Waals surface area contributed by atoms with Crippen LogP contribution >= 0.6 is 0 Å². The maximum absolute atomic E-state index is 5.53. The molecular weight excluding hydrogens is 236 g/mol. The summed E-state index contributed by atoms with van der Waals surface area (Å²) in [6.45, 7) is 5.27. The van der Waals surface area contributed by atoms with E-state index in [9.17, 15) is 0 Å². The number of nitrogens with one attached hydrogen (secondary N) is 1. The molecule has 3 heteroatoms. The van der Waals surface area contributed by atoms with E-state index in [1.165, 1.54) is 31.5 Å². The lowest BCUT2D eigenvalue weighted by Gasteiger charge is -2.27. The van der Waals surface area contributed by atoms with Crippen LogP contribution in [0.2, 0.25) is 0 Å². The van der Waals surface area contributed by atoms with Gasteiger partial charge in [-0.2, -0.15) is 0 Å². The molecule has 2 rings (SSSR count). The van der Waals surface area contributed by atoms with Crippen LogP contribution < -0.4 is 5.32 Å². The Bertz CT molecular complexity index is 336. The van der Waals surface area contributed by atoms with E-state index in [4.69, 9.17) is 4.74 Å². The maximum atomic E-state index is 5.53. The van der Waals surface area contributed by atoms with Gasteiger partial charge in [-0.1, -0.05) is 18.2 Å². The standard InChI is InChI=1S/C16H26N2O/c1-18(13-15-7-5-12-19-14-15)11-6-10-17-16-8-3-2-4-9-16/h2-4,8-9,15,17H,5-7,10-14H2,1H3. The van der Waals surface area contributed by atoms with Crippen molar-refractivity contribution in [2.75, 3.05) is 45.2 Å². The predicted molar refractivity (Wildman–Crippen MR) is 80.6 cm³/mol. The van der Waals surface area contributed by atoms with Gasteiger partial charge in [-0.15, -0.1) is 0 Å². The van der Waals surface area contributed by atoms with Gasteiger partial charge in [0.05, 0.1) is 6.61 Å². The van der Waals surface area contributed by atoms with Crippen LogP contribution in [0.25, 0.3) is 0 Å². The summed E-state index contributed by atoms with van der Waals surface area (Å²) in [7, 11) is 2.22. The highest BCUT2D eigenvalue weighted by atomic mass is 16.5. The van der Waals surface area contributed by atoms with Gasteiger partial charge < -0.3 is 15.0 Å². The van der Waals surface area contributed by atoms with Crippen molar-refractivity contribution < 1.29 is 4.74 Å². The van der Waals surface area contributed by atoms with Crippen molar-refractivity contribution in [3.63, 3.8) is 0 Å². The molecule has 1 aliphatic heterocycles. The van der Waals surface area contributed by atoms with E-state index in [1.54, 1.807) is 0 Å². The Morgan fingerprint density at radius 1 is 1.32 bits per heavy atom. The zero-order chi connectivity index (χ0) is 13.3. The normalized spacial score (nSPS) is 19.6. The molecule has 1 heterocycles. The Labute approximate surface area is 116 Å². The third kappa shape index (κ3) is 5.62. The SMILES string of the molecule is CN(CCCNc1ccccc1)CC1CCCOC1. The Kier molecular flexibility index (Phi) is 6.18. The molecule has 1 N–H and O–H groups in total. The summed E-state index contributed by atoms with van der Waals surface area (Å²) in [5.41, 5.74) is 1.21. The maximum Gasteiger partial charge on any atom is 0.0506 e. The third-order valence-corrected chi connectivity index (χ3v) is 3.64. The molecule has 1 aromatic carbocycles. The Morgan fingerprint density at radius 2 is 2.16 bits per heavy atom. The molecule has 1 aliphatic rings. The molecule has 0 amide bonds. The molecule has 1 atom stereocenters. The number of nitrogens with zero attached hydrogens (tertiary/aromatic N) is 1. The molecule has 0 spiro atoms. The van der Waals surface area contributed by atoms with Crippen molar-refractivity contribution in [3.05, 3.63) is 30.3 Å². The smallest absolute Gasteiger partial charge is 0.0506 e. The van der Waals surface area contributed by atoms with Gasteiger partial charge in [0, 0.05) is 25.4 Å². The minimum atomic E-state index is 0.737. The molecule has 1 saturated heterocycles. The first-order valence-corrected chi connectivity index (χ1v) is 7.40. The van der Waals surface area contributed by atoms with Crippen LogP contribution in [0.1, 0.15) is 19.3 Å². The fourth-order valence-electron chi connectivity index (χ4n) is 2.62. The highest BCUT2D eigenvalue weighted by molar-refractivity contribution is 5.42. The lowest BCUT2D eigenvalue weighted by atomic mass is 10.0. The quantitative estimate of drug-likeness (QED) is 0.765. The van der Waals surface area contributed by atoms with Crippen LogP contribution in [-0.2, 0) is 4.74 Å². The first-order chi connectivity index (χ1) is 9.34. The molecule has 0 saturated carbocycles. The van der Waals surface area contributed by atoms with Crippen LogP contribution in [0.3, 0.4) is 0 Å². The number of para-hydroxylation sites is 1. The van der Waals surface area contributed by atoms with E-state index < -0.39 is 0 Å². The number of rotatable bonds is 7. The minimum Gasteiger partial charge on any atom is -0.385 e. The summed E-state index contributed by atoms with van der Waals surface area (Å²) >= 11 is 0. The highest BCUT2D eigenvalue weighted by Crippen LogP contribution is 2.14. The van der Waals surface area contributed by atoms with Crippen molar-refractivity contribution in [3.8, 4) is 0 Å². The van der Waals surface area contributed by atoms with Gasteiger partial charge >= 0.3 is 0 Å². The predicted octanol–water partition coefficient (Wildman–Crippen LogP) is 2.85. The lowest BCUT2D eigenvalue weighted by Crippen LogP contribution is -2.32. The molecule has 3 nitrogen and oxygen atoms in total. The van der Waals surface area contributed by atoms with Gasteiger partial charge in [0.15, 0.2) is 0 Å². The van der Waals surface area contributed by atoms with Crippen molar-refractivity contribution in [2.45, 2.75) is 19.3 Å². The van der Waals surface area contributed by atoms with E-state index >= 15 is 0 Å².